The number of ketones is 1. The van der Waals surface area contributed by atoms with Gasteiger partial charge >= 0.3 is 0 Å². The summed E-state index contributed by atoms with van der Waals surface area (Å²) in [6, 6.07) is 9.33. The van der Waals surface area contributed by atoms with Crippen LogP contribution in [-0.2, 0) is 11.8 Å². The largest absolute Gasteiger partial charge is 0.480 e. The highest BCUT2D eigenvalue weighted by Gasteiger charge is 2.17. The van der Waals surface area contributed by atoms with E-state index in [1.807, 2.05) is 24.3 Å². The Labute approximate surface area is 197 Å². The van der Waals surface area contributed by atoms with Crippen molar-refractivity contribution in [3.05, 3.63) is 51.9 Å². The highest BCUT2D eigenvalue weighted by Crippen LogP contribution is 2.30. The summed E-state index contributed by atoms with van der Waals surface area (Å²) in [5, 5.41) is 4.71. The van der Waals surface area contributed by atoms with Gasteiger partial charge in [-0.2, -0.15) is 0 Å². The molecule has 4 rings (SSSR count). The van der Waals surface area contributed by atoms with Crippen LogP contribution >= 0.6 is 11.6 Å². The second kappa shape index (κ2) is 9.80. The van der Waals surface area contributed by atoms with E-state index in [2.05, 4.69) is 27.1 Å². The predicted octanol–water partition coefficient (Wildman–Crippen LogP) is 3.44. The zero-order chi connectivity index (χ0) is 23.5. The number of likely N-dealkylation sites (N-methyl/N-ethyl adjacent to an activating group) is 1. The van der Waals surface area contributed by atoms with Crippen LogP contribution in [0.4, 0.5) is 17.2 Å². The van der Waals surface area contributed by atoms with Crippen molar-refractivity contribution in [1.29, 1.82) is 0 Å². The molecule has 1 aromatic carbocycles. The lowest BCUT2D eigenvalue weighted by molar-refractivity contribution is -0.120. The Morgan fingerprint density at radius 1 is 1.15 bits per heavy atom. The summed E-state index contributed by atoms with van der Waals surface area (Å²) in [5.74, 6) is 0.980. The van der Waals surface area contributed by atoms with Crippen molar-refractivity contribution in [2.24, 2.45) is 7.05 Å². The molecular formula is C24H28ClN5O3. The first-order chi connectivity index (χ1) is 15.9. The van der Waals surface area contributed by atoms with E-state index < -0.39 is 0 Å². The molecule has 0 saturated carbocycles. The van der Waals surface area contributed by atoms with Gasteiger partial charge in [-0.15, -0.1) is 0 Å². The maximum atomic E-state index is 12.6. The Bertz CT molecular complexity index is 1230. The number of anilines is 3. The number of benzene rings is 1. The predicted molar refractivity (Wildman–Crippen MR) is 132 cm³/mol. The van der Waals surface area contributed by atoms with Crippen LogP contribution in [0, 0.1) is 0 Å². The van der Waals surface area contributed by atoms with E-state index in [0.717, 1.165) is 54.3 Å². The second-order valence-corrected chi connectivity index (χ2v) is 8.67. The molecule has 9 heteroatoms. The Morgan fingerprint density at radius 2 is 1.91 bits per heavy atom. The number of halogens is 1. The quantitative estimate of drug-likeness (QED) is 0.567. The molecule has 1 fully saturated rings. The van der Waals surface area contributed by atoms with Gasteiger partial charge in [-0.05, 0) is 31.3 Å². The summed E-state index contributed by atoms with van der Waals surface area (Å²) in [5.41, 5.74) is 2.06. The van der Waals surface area contributed by atoms with E-state index in [9.17, 15) is 9.59 Å². The molecule has 0 spiro atoms. The summed E-state index contributed by atoms with van der Waals surface area (Å²) in [6.45, 7) is 5.46. The first kappa shape index (κ1) is 23.1. The van der Waals surface area contributed by atoms with Crippen molar-refractivity contribution in [2.45, 2.75) is 13.3 Å². The van der Waals surface area contributed by atoms with Crippen molar-refractivity contribution in [3.63, 3.8) is 0 Å². The van der Waals surface area contributed by atoms with Crippen LogP contribution in [0.15, 0.2) is 41.3 Å². The van der Waals surface area contributed by atoms with E-state index in [4.69, 9.17) is 16.3 Å². The third-order valence-electron chi connectivity index (χ3n) is 5.92. The Morgan fingerprint density at radius 3 is 2.64 bits per heavy atom. The van der Waals surface area contributed by atoms with Crippen LogP contribution in [0.5, 0.6) is 5.75 Å². The standard InChI is InChI=1S/C24H28ClN5O3/c1-4-18(31)15-33-22-12-16-11-17(5-6-21(16)29(3)24(22)32)27-20-13-23(26-14-19(20)25)30-9-7-28(2)8-10-30/h5-6,11-14H,4,7-10,15H2,1-3H3,(H,26,27). The fourth-order valence-corrected chi connectivity index (χ4v) is 3.93. The Kier molecular flexibility index (Phi) is 6.85. The first-order valence-electron chi connectivity index (χ1n) is 11.0. The van der Waals surface area contributed by atoms with Gasteiger partial charge in [-0.3, -0.25) is 9.59 Å². The number of piperazine rings is 1. The number of hydrogen-bond acceptors (Lipinski definition) is 7. The van der Waals surface area contributed by atoms with Gasteiger partial charge in [0.2, 0.25) is 0 Å². The molecule has 0 radical (unpaired) electrons. The van der Waals surface area contributed by atoms with E-state index in [1.165, 1.54) is 4.57 Å². The minimum atomic E-state index is -0.277. The summed E-state index contributed by atoms with van der Waals surface area (Å²) >= 11 is 6.43. The fourth-order valence-electron chi connectivity index (χ4n) is 3.78. The number of hydrogen-bond donors (Lipinski definition) is 1. The van der Waals surface area contributed by atoms with Crippen molar-refractivity contribution in [2.75, 3.05) is 50.1 Å². The average Bonchev–Trinajstić information content (AvgIpc) is 2.82. The van der Waals surface area contributed by atoms with Gasteiger partial charge < -0.3 is 24.4 Å². The van der Waals surface area contributed by atoms with E-state index in [1.54, 1.807) is 26.2 Å². The lowest BCUT2D eigenvalue weighted by Crippen LogP contribution is -2.44. The summed E-state index contributed by atoms with van der Waals surface area (Å²) in [4.78, 5) is 33.3. The maximum absolute atomic E-state index is 12.6. The molecule has 33 heavy (non-hydrogen) atoms. The molecule has 174 valence electrons. The number of aromatic nitrogens is 2. The molecule has 0 bridgehead atoms. The third-order valence-corrected chi connectivity index (χ3v) is 6.22. The topological polar surface area (TPSA) is 79.7 Å². The van der Waals surface area contributed by atoms with Crippen molar-refractivity contribution >= 4 is 45.5 Å². The van der Waals surface area contributed by atoms with E-state index in [-0.39, 0.29) is 23.7 Å². The Hall–Kier alpha value is -3.10. The molecule has 1 aliphatic rings. The molecule has 1 aliphatic heterocycles. The molecule has 0 amide bonds. The van der Waals surface area contributed by atoms with Gasteiger partial charge in [0.15, 0.2) is 11.5 Å². The van der Waals surface area contributed by atoms with Gasteiger partial charge in [0.05, 0.1) is 22.4 Å². The van der Waals surface area contributed by atoms with Gasteiger partial charge in [0.25, 0.3) is 5.56 Å². The van der Waals surface area contributed by atoms with Crippen molar-refractivity contribution < 1.29 is 9.53 Å². The van der Waals surface area contributed by atoms with Crippen LogP contribution in [0.2, 0.25) is 5.02 Å². The zero-order valence-electron chi connectivity index (χ0n) is 19.1. The molecule has 3 heterocycles. The molecule has 1 N–H and O–H groups in total. The molecule has 8 nitrogen and oxygen atoms in total. The average molecular weight is 470 g/mol. The zero-order valence-corrected chi connectivity index (χ0v) is 19.9. The molecule has 3 aromatic rings. The number of pyridine rings is 2. The number of fused-ring (bicyclic) bond motifs is 1. The maximum Gasteiger partial charge on any atom is 0.293 e. The smallest absolute Gasteiger partial charge is 0.293 e. The lowest BCUT2D eigenvalue weighted by Gasteiger charge is -2.33. The van der Waals surface area contributed by atoms with Crippen LogP contribution < -0.4 is 20.5 Å². The van der Waals surface area contributed by atoms with Gasteiger partial charge in [-0.25, -0.2) is 4.98 Å². The highest BCUT2D eigenvalue weighted by atomic mass is 35.5. The lowest BCUT2D eigenvalue weighted by atomic mass is 10.1. The number of rotatable bonds is 7. The SMILES string of the molecule is CCC(=O)COc1cc2cc(Nc3cc(N4CCN(C)CC4)ncc3Cl)ccc2n(C)c1=O. The summed E-state index contributed by atoms with van der Waals surface area (Å²) < 4.78 is 7.03. The number of carbonyl (C=O) groups is 1. The fraction of sp³-hybridized carbons (Fsp3) is 0.375. The van der Waals surface area contributed by atoms with Crippen LogP contribution in [-0.4, -0.2) is 60.1 Å². The summed E-state index contributed by atoms with van der Waals surface area (Å²) in [6.07, 6.45) is 2.03. The molecule has 0 unspecified atom stereocenters. The molecule has 1 saturated heterocycles. The normalized spacial score (nSPS) is 14.5. The minimum absolute atomic E-state index is 0.0592. The number of carbonyl (C=O) groups excluding carboxylic acids is 1. The first-order valence-corrected chi connectivity index (χ1v) is 11.4. The molecule has 0 aliphatic carbocycles. The molecule has 0 atom stereocenters. The number of nitrogens with zero attached hydrogens (tertiary/aromatic N) is 4. The van der Waals surface area contributed by atoms with Crippen LogP contribution in [0.3, 0.4) is 0 Å². The van der Waals surface area contributed by atoms with Crippen LogP contribution in [0.25, 0.3) is 10.9 Å². The highest BCUT2D eigenvalue weighted by molar-refractivity contribution is 6.33. The number of aryl methyl sites for hydroxylation is 1. The monoisotopic (exact) mass is 469 g/mol. The third kappa shape index (κ3) is 5.12. The second-order valence-electron chi connectivity index (χ2n) is 8.26. The van der Waals surface area contributed by atoms with Crippen LogP contribution in [0.1, 0.15) is 13.3 Å². The number of ether oxygens (including phenoxy) is 1. The van der Waals surface area contributed by atoms with Gasteiger partial charge in [0, 0.05) is 56.8 Å². The van der Waals surface area contributed by atoms with E-state index >= 15 is 0 Å². The van der Waals surface area contributed by atoms with Gasteiger partial charge in [0.1, 0.15) is 12.4 Å². The molecule has 2 aromatic heterocycles. The van der Waals surface area contributed by atoms with Crippen molar-refractivity contribution in [1.82, 2.24) is 14.5 Å². The van der Waals surface area contributed by atoms with E-state index in [0.29, 0.717) is 11.4 Å². The van der Waals surface area contributed by atoms with Gasteiger partial charge in [-0.1, -0.05) is 18.5 Å². The minimum Gasteiger partial charge on any atom is -0.480 e. The molecular weight excluding hydrogens is 442 g/mol. The number of Topliss-reactive ketones (excluding diaryl/α,β-unsaturated/α-hetero) is 1. The van der Waals surface area contributed by atoms with Crippen molar-refractivity contribution in [3.8, 4) is 5.75 Å². The number of nitrogens with one attached hydrogen (secondary N) is 1. The summed E-state index contributed by atoms with van der Waals surface area (Å²) in [7, 11) is 3.81. The Balaban J connectivity index is 1.61.